The maximum absolute atomic E-state index is 13.2. The molecule has 34 heavy (non-hydrogen) atoms. The zero-order chi connectivity index (χ0) is 24.4. The molecule has 172 valence electrons. The number of halogens is 1. The summed E-state index contributed by atoms with van der Waals surface area (Å²) in [4.78, 5) is 38.7. The number of aryl methyl sites for hydroxylation is 1. The number of ether oxygens (including phenoxy) is 1. The Kier molecular flexibility index (Phi) is 6.52. The Balaban J connectivity index is 1.70. The van der Waals surface area contributed by atoms with E-state index in [-0.39, 0.29) is 11.3 Å². The minimum absolute atomic E-state index is 0.0827. The van der Waals surface area contributed by atoms with Crippen molar-refractivity contribution in [3.8, 4) is 11.1 Å². The van der Waals surface area contributed by atoms with Gasteiger partial charge in [0.1, 0.15) is 5.69 Å². The zero-order valence-corrected chi connectivity index (χ0v) is 19.8. The van der Waals surface area contributed by atoms with Gasteiger partial charge in [-0.2, -0.15) is 0 Å². The standard InChI is InChI=1S/C27H23ClN2O4/c1-16-11-13-18(14-12-16)24-19-7-4-5-8-20(19)26(32)30(3)25(24)27(33)34-15-23(31)29-22-10-6-9-21(28)17(22)2/h4-14H,15H2,1-3H3,(H,29,31). The van der Waals surface area contributed by atoms with Crippen molar-refractivity contribution in [3.63, 3.8) is 0 Å². The van der Waals surface area contributed by atoms with Crippen molar-refractivity contribution in [2.45, 2.75) is 13.8 Å². The van der Waals surface area contributed by atoms with Gasteiger partial charge in [0.05, 0.1) is 0 Å². The van der Waals surface area contributed by atoms with Gasteiger partial charge in [-0.3, -0.25) is 9.59 Å². The molecule has 3 aromatic carbocycles. The van der Waals surface area contributed by atoms with Crippen LogP contribution in [0.1, 0.15) is 21.6 Å². The number of nitrogens with zero attached hydrogens (tertiary/aromatic N) is 1. The van der Waals surface area contributed by atoms with E-state index in [1.807, 2.05) is 37.3 Å². The summed E-state index contributed by atoms with van der Waals surface area (Å²) in [6.45, 7) is 3.24. The van der Waals surface area contributed by atoms with Crippen molar-refractivity contribution in [3.05, 3.63) is 98.9 Å². The lowest BCUT2D eigenvalue weighted by molar-refractivity contribution is -0.119. The van der Waals surface area contributed by atoms with Crippen molar-refractivity contribution in [1.29, 1.82) is 0 Å². The van der Waals surface area contributed by atoms with Crippen LogP contribution < -0.4 is 10.9 Å². The first-order valence-electron chi connectivity index (χ1n) is 10.7. The molecule has 0 aliphatic heterocycles. The van der Waals surface area contributed by atoms with Crippen molar-refractivity contribution < 1.29 is 14.3 Å². The van der Waals surface area contributed by atoms with Crippen LogP contribution in [-0.4, -0.2) is 23.1 Å². The van der Waals surface area contributed by atoms with Crippen molar-refractivity contribution >= 4 is 39.9 Å². The summed E-state index contributed by atoms with van der Waals surface area (Å²) in [5.74, 6) is -1.28. The Bertz CT molecular complexity index is 1470. The predicted molar refractivity (Wildman–Crippen MR) is 134 cm³/mol. The van der Waals surface area contributed by atoms with E-state index >= 15 is 0 Å². The normalized spacial score (nSPS) is 10.8. The van der Waals surface area contributed by atoms with Crippen LogP contribution in [0.15, 0.2) is 71.5 Å². The van der Waals surface area contributed by atoms with Gasteiger partial charge in [0.25, 0.3) is 11.5 Å². The van der Waals surface area contributed by atoms with Crippen molar-refractivity contribution in [2.24, 2.45) is 7.05 Å². The Hall–Kier alpha value is -3.90. The summed E-state index contributed by atoms with van der Waals surface area (Å²) in [6.07, 6.45) is 0. The first kappa shape index (κ1) is 23.3. The average Bonchev–Trinajstić information content (AvgIpc) is 2.83. The molecule has 1 heterocycles. The molecule has 1 N–H and O–H groups in total. The van der Waals surface area contributed by atoms with Gasteiger partial charge >= 0.3 is 5.97 Å². The molecule has 0 bridgehead atoms. The zero-order valence-electron chi connectivity index (χ0n) is 19.0. The average molecular weight is 475 g/mol. The Morgan fingerprint density at radius 1 is 0.941 bits per heavy atom. The van der Waals surface area contributed by atoms with E-state index in [2.05, 4.69) is 5.32 Å². The number of hydrogen-bond donors (Lipinski definition) is 1. The molecule has 7 heteroatoms. The quantitative estimate of drug-likeness (QED) is 0.400. The number of hydrogen-bond acceptors (Lipinski definition) is 4. The number of nitrogens with one attached hydrogen (secondary N) is 1. The molecule has 1 aromatic heterocycles. The second-order valence-corrected chi connectivity index (χ2v) is 8.44. The number of amides is 1. The van der Waals surface area contributed by atoms with Gasteiger partial charge in [-0.25, -0.2) is 4.79 Å². The van der Waals surface area contributed by atoms with Crippen LogP contribution in [0.2, 0.25) is 5.02 Å². The molecular weight excluding hydrogens is 452 g/mol. The van der Waals surface area contributed by atoms with Crippen LogP contribution in [0.5, 0.6) is 0 Å². The van der Waals surface area contributed by atoms with Gasteiger partial charge in [0.2, 0.25) is 0 Å². The molecule has 0 aliphatic rings. The van der Waals surface area contributed by atoms with Gasteiger partial charge in [0.15, 0.2) is 6.61 Å². The van der Waals surface area contributed by atoms with E-state index in [0.29, 0.717) is 32.6 Å². The molecule has 4 aromatic rings. The number of carbonyl (C=O) groups excluding carboxylic acids is 2. The molecule has 0 unspecified atom stereocenters. The second-order valence-electron chi connectivity index (χ2n) is 8.04. The van der Waals surface area contributed by atoms with Gasteiger partial charge in [-0.15, -0.1) is 0 Å². The summed E-state index contributed by atoms with van der Waals surface area (Å²) in [5, 5.41) is 4.35. The van der Waals surface area contributed by atoms with Crippen LogP contribution in [0.25, 0.3) is 21.9 Å². The number of aromatic nitrogens is 1. The minimum atomic E-state index is -0.765. The van der Waals surface area contributed by atoms with E-state index in [1.165, 1.54) is 11.6 Å². The van der Waals surface area contributed by atoms with Crippen LogP contribution in [0, 0.1) is 13.8 Å². The van der Waals surface area contributed by atoms with Crippen LogP contribution in [0.3, 0.4) is 0 Å². The number of fused-ring (bicyclic) bond motifs is 1. The van der Waals surface area contributed by atoms with E-state index in [9.17, 15) is 14.4 Å². The highest BCUT2D eigenvalue weighted by atomic mass is 35.5. The van der Waals surface area contributed by atoms with Gasteiger partial charge in [-0.05, 0) is 48.6 Å². The molecule has 0 fully saturated rings. The smallest absolute Gasteiger partial charge is 0.356 e. The number of rotatable bonds is 5. The number of anilines is 1. The fourth-order valence-electron chi connectivity index (χ4n) is 3.85. The van der Waals surface area contributed by atoms with E-state index < -0.39 is 18.5 Å². The molecule has 1 amide bonds. The first-order valence-corrected chi connectivity index (χ1v) is 11.1. The lowest BCUT2D eigenvalue weighted by Crippen LogP contribution is -2.28. The van der Waals surface area contributed by atoms with Crippen molar-refractivity contribution in [1.82, 2.24) is 4.57 Å². The highest BCUT2D eigenvalue weighted by molar-refractivity contribution is 6.31. The fraction of sp³-hybridized carbons (Fsp3) is 0.148. The minimum Gasteiger partial charge on any atom is -0.451 e. The molecule has 4 rings (SSSR count). The summed E-state index contributed by atoms with van der Waals surface area (Å²) in [7, 11) is 1.53. The number of benzene rings is 3. The molecule has 0 saturated heterocycles. The molecule has 0 radical (unpaired) electrons. The Labute approximate surface area is 201 Å². The topological polar surface area (TPSA) is 77.4 Å². The molecule has 0 saturated carbocycles. The van der Waals surface area contributed by atoms with Crippen LogP contribution in [0.4, 0.5) is 5.69 Å². The first-order chi connectivity index (χ1) is 16.3. The van der Waals surface area contributed by atoms with Crippen molar-refractivity contribution in [2.75, 3.05) is 11.9 Å². The second kappa shape index (κ2) is 9.53. The summed E-state index contributed by atoms with van der Waals surface area (Å²) in [6, 6.07) is 19.9. The lowest BCUT2D eigenvalue weighted by Gasteiger charge is -2.17. The number of esters is 1. The SMILES string of the molecule is Cc1ccc(-c2c(C(=O)OCC(=O)Nc3cccc(Cl)c3C)n(C)c(=O)c3ccccc23)cc1. The number of pyridine rings is 1. The maximum atomic E-state index is 13.2. The summed E-state index contributed by atoms with van der Waals surface area (Å²) in [5.41, 5.74) is 3.42. The third-order valence-electron chi connectivity index (χ3n) is 5.71. The molecular formula is C27H23ClN2O4. The highest BCUT2D eigenvalue weighted by Crippen LogP contribution is 2.31. The van der Waals surface area contributed by atoms with Crippen LogP contribution >= 0.6 is 11.6 Å². The predicted octanol–water partition coefficient (Wildman–Crippen LogP) is 5.27. The van der Waals surface area contributed by atoms with E-state index in [4.69, 9.17) is 16.3 Å². The fourth-order valence-corrected chi connectivity index (χ4v) is 4.02. The van der Waals surface area contributed by atoms with Gasteiger partial charge in [0, 0.05) is 28.7 Å². The van der Waals surface area contributed by atoms with E-state index in [0.717, 1.165) is 11.1 Å². The number of carbonyl (C=O) groups is 2. The third-order valence-corrected chi connectivity index (χ3v) is 6.12. The third kappa shape index (κ3) is 4.45. The lowest BCUT2D eigenvalue weighted by atomic mass is 9.96. The highest BCUT2D eigenvalue weighted by Gasteiger charge is 2.23. The summed E-state index contributed by atoms with van der Waals surface area (Å²) >= 11 is 6.10. The molecule has 0 spiro atoms. The molecule has 0 aliphatic carbocycles. The summed E-state index contributed by atoms with van der Waals surface area (Å²) < 4.78 is 6.64. The molecule has 6 nitrogen and oxygen atoms in total. The van der Waals surface area contributed by atoms with Gasteiger partial charge in [-0.1, -0.05) is 65.7 Å². The van der Waals surface area contributed by atoms with Crippen LogP contribution in [-0.2, 0) is 16.6 Å². The Morgan fingerprint density at radius 2 is 1.62 bits per heavy atom. The Morgan fingerprint density at radius 3 is 2.32 bits per heavy atom. The maximum Gasteiger partial charge on any atom is 0.356 e. The monoisotopic (exact) mass is 474 g/mol. The largest absolute Gasteiger partial charge is 0.451 e. The van der Waals surface area contributed by atoms with Gasteiger partial charge < -0.3 is 14.6 Å². The van der Waals surface area contributed by atoms with E-state index in [1.54, 1.807) is 43.3 Å². The molecule has 0 atom stereocenters.